The molecule has 0 saturated carbocycles. The minimum absolute atomic E-state index is 0.109. The van der Waals surface area contributed by atoms with Crippen LogP contribution in [0, 0.1) is 0 Å². The highest BCUT2D eigenvalue weighted by molar-refractivity contribution is 7.47. The zero-order valence-corrected chi connectivity index (χ0v) is 67.0. The molecule has 0 spiro atoms. The lowest BCUT2D eigenvalue weighted by Crippen LogP contribution is -2.30. The van der Waals surface area contributed by atoms with E-state index in [1.54, 1.807) is 0 Å². The average Bonchev–Trinajstić information content (AvgIpc) is 0.933. The maximum atomic E-state index is 13.1. The zero-order valence-electron chi connectivity index (χ0n) is 65.2. The molecule has 0 aromatic heterocycles. The van der Waals surface area contributed by atoms with E-state index in [1.807, 2.05) is 0 Å². The molecule has 594 valence electrons. The van der Waals surface area contributed by atoms with Crippen LogP contribution in [0.4, 0.5) is 0 Å². The van der Waals surface area contributed by atoms with Gasteiger partial charge in [-0.2, -0.15) is 0 Å². The molecular weight excluding hydrogens is 1310 g/mol. The Balaban J connectivity index is 5.25. The molecule has 5 atom stereocenters. The number of aliphatic hydroxyl groups excluding tert-OH is 1. The second-order valence-corrected chi connectivity index (χ2v) is 32.1. The molecule has 0 bridgehead atoms. The molecule has 0 aromatic rings. The highest BCUT2D eigenvalue weighted by atomic mass is 31.2. The number of hydrogen-bond acceptors (Lipinski definition) is 15. The van der Waals surface area contributed by atoms with Gasteiger partial charge in [0, 0.05) is 25.7 Å². The number of unbranched alkanes of at least 4 members (excludes halogenated alkanes) is 56. The van der Waals surface area contributed by atoms with Gasteiger partial charge in [-0.25, -0.2) is 9.13 Å². The van der Waals surface area contributed by atoms with Crippen LogP contribution in [0.3, 0.4) is 0 Å². The van der Waals surface area contributed by atoms with E-state index in [1.165, 1.54) is 270 Å². The first-order valence-electron chi connectivity index (χ1n) is 42.3. The predicted octanol–water partition coefficient (Wildman–Crippen LogP) is 24.6. The van der Waals surface area contributed by atoms with Crippen LogP contribution in [-0.4, -0.2) is 96.7 Å². The molecule has 0 aromatic carbocycles. The second-order valence-electron chi connectivity index (χ2n) is 29.2. The lowest BCUT2D eigenvalue weighted by molar-refractivity contribution is -0.161. The van der Waals surface area contributed by atoms with Crippen LogP contribution in [0.15, 0.2) is 0 Å². The van der Waals surface area contributed by atoms with Crippen molar-refractivity contribution in [3.05, 3.63) is 0 Å². The number of aliphatic hydroxyl groups is 1. The molecule has 0 radical (unpaired) electrons. The molecule has 19 heteroatoms. The van der Waals surface area contributed by atoms with E-state index < -0.39 is 97.5 Å². The number of carbonyl (C=O) groups excluding carboxylic acids is 4. The number of phosphoric ester groups is 2. The second kappa shape index (κ2) is 75.3. The molecule has 3 N–H and O–H groups in total. The largest absolute Gasteiger partial charge is 0.472 e. The van der Waals surface area contributed by atoms with E-state index >= 15 is 0 Å². The molecule has 0 aliphatic rings. The van der Waals surface area contributed by atoms with E-state index in [0.29, 0.717) is 25.7 Å². The Kier molecular flexibility index (Phi) is 73.8. The lowest BCUT2D eigenvalue weighted by atomic mass is 10.0. The first-order chi connectivity index (χ1) is 48.7. The third-order valence-corrected chi connectivity index (χ3v) is 21.0. The zero-order chi connectivity index (χ0) is 73.2. The summed E-state index contributed by atoms with van der Waals surface area (Å²) in [5, 5.41) is 10.6. The van der Waals surface area contributed by atoms with Crippen molar-refractivity contribution in [3.8, 4) is 0 Å². The summed E-state index contributed by atoms with van der Waals surface area (Å²) in [6.45, 7) is 5.04. The van der Waals surface area contributed by atoms with E-state index in [0.717, 1.165) is 89.9 Å². The SMILES string of the molecule is CCCCCCCCCCCCCCCCCCCC(=O)OC[C@H](COP(=O)(O)OC[C@@H](O)COP(=O)(O)OC[C@@H](COC(=O)CCCCCCCCCCCCCC)OC(=O)CCCCCCCCCCCCCCCC)OC(=O)CCCCCCCCCCCCCCCCCCC. The van der Waals surface area contributed by atoms with Gasteiger partial charge in [0.05, 0.1) is 26.4 Å². The highest BCUT2D eigenvalue weighted by Gasteiger charge is 2.30. The minimum atomic E-state index is -4.96. The quantitative estimate of drug-likeness (QED) is 0.0222. The fourth-order valence-corrected chi connectivity index (χ4v) is 14.2. The topological polar surface area (TPSA) is 237 Å². The van der Waals surface area contributed by atoms with E-state index in [9.17, 15) is 43.2 Å². The van der Waals surface area contributed by atoms with Crippen LogP contribution in [0.1, 0.15) is 439 Å². The number of phosphoric acid groups is 2. The van der Waals surface area contributed by atoms with Gasteiger partial charge in [0.15, 0.2) is 12.2 Å². The van der Waals surface area contributed by atoms with Gasteiger partial charge in [0.1, 0.15) is 19.3 Å². The van der Waals surface area contributed by atoms with Crippen molar-refractivity contribution in [3.63, 3.8) is 0 Å². The van der Waals surface area contributed by atoms with Gasteiger partial charge in [-0.15, -0.1) is 0 Å². The van der Waals surface area contributed by atoms with Crippen LogP contribution in [0.25, 0.3) is 0 Å². The van der Waals surface area contributed by atoms with Crippen LogP contribution in [0.2, 0.25) is 0 Å². The van der Waals surface area contributed by atoms with Gasteiger partial charge in [-0.3, -0.25) is 37.3 Å². The Morgan fingerprint density at radius 3 is 0.590 bits per heavy atom. The molecule has 0 fully saturated rings. The van der Waals surface area contributed by atoms with Crippen molar-refractivity contribution in [1.29, 1.82) is 0 Å². The van der Waals surface area contributed by atoms with Gasteiger partial charge >= 0.3 is 39.5 Å². The van der Waals surface area contributed by atoms with Crippen molar-refractivity contribution in [1.82, 2.24) is 0 Å². The van der Waals surface area contributed by atoms with Crippen molar-refractivity contribution >= 4 is 39.5 Å². The standard InChI is InChI=1S/C81H158O17P2/c1-5-9-13-17-21-25-29-33-36-38-40-43-46-50-54-58-62-66-79(84)92-72-77(98-81(86)68-64-60-56-52-48-44-41-39-37-34-30-26-22-18-14-10-6-2)74-96-100(89,90)94-70-75(82)69-93-99(87,88)95-73-76(71-91-78(83)65-61-57-53-49-45-32-28-24-20-16-12-8-4)97-80(85)67-63-59-55-51-47-42-35-31-27-23-19-15-11-7-3/h75-77,82H,5-74H2,1-4H3,(H,87,88)(H,89,90)/t75-,76+,77+/m0/s1. The molecule has 0 rings (SSSR count). The molecule has 0 heterocycles. The smallest absolute Gasteiger partial charge is 0.462 e. The highest BCUT2D eigenvalue weighted by Crippen LogP contribution is 2.45. The minimum Gasteiger partial charge on any atom is -0.462 e. The van der Waals surface area contributed by atoms with Gasteiger partial charge in [-0.05, 0) is 25.7 Å². The van der Waals surface area contributed by atoms with Crippen molar-refractivity contribution < 1.29 is 80.2 Å². The van der Waals surface area contributed by atoms with Crippen LogP contribution in [0.5, 0.6) is 0 Å². The van der Waals surface area contributed by atoms with Gasteiger partial charge in [-0.1, -0.05) is 387 Å². The Morgan fingerprint density at radius 2 is 0.400 bits per heavy atom. The Labute approximate surface area is 613 Å². The molecule has 0 amide bonds. The van der Waals surface area contributed by atoms with E-state index in [4.69, 9.17) is 37.0 Å². The Bertz CT molecular complexity index is 1890. The summed E-state index contributed by atoms with van der Waals surface area (Å²) in [6.07, 6.45) is 67.8. The number of esters is 4. The number of carbonyl (C=O) groups is 4. The fourth-order valence-electron chi connectivity index (χ4n) is 12.6. The molecule has 100 heavy (non-hydrogen) atoms. The van der Waals surface area contributed by atoms with E-state index in [2.05, 4.69) is 27.7 Å². The Morgan fingerprint density at radius 1 is 0.240 bits per heavy atom. The van der Waals surface area contributed by atoms with Crippen molar-refractivity contribution in [2.75, 3.05) is 39.6 Å². The Hall–Kier alpha value is -1.94. The summed E-state index contributed by atoms with van der Waals surface area (Å²) in [5.41, 5.74) is 0. The average molecular weight is 1470 g/mol. The lowest BCUT2D eigenvalue weighted by Gasteiger charge is -2.21. The first-order valence-corrected chi connectivity index (χ1v) is 45.3. The molecular formula is C81H158O17P2. The molecule has 0 saturated heterocycles. The van der Waals surface area contributed by atoms with Gasteiger partial charge in [0.25, 0.3) is 0 Å². The third kappa shape index (κ3) is 74.3. The number of hydrogen-bond donors (Lipinski definition) is 3. The molecule has 0 aliphatic heterocycles. The van der Waals surface area contributed by atoms with E-state index in [-0.39, 0.29) is 25.7 Å². The van der Waals surface area contributed by atoms with Crippen LogP contribution < -0.4 is 0 Å². The molecule has 17 nitrogen and oxygen atoms in total. The maximum absolute atomic E-state index is 13.1. The van der Waals surface area contributed by atoms with Crippen molar-refractivity contribution in [2.45, 2.75) is 457 Å². The first kappa shape index (κ1) is 98.1. The van der Waals surface area contributed by atoms with Crippen LogP contribution >= 0.6 is 15.6 Å². The normalized spacial score (nSPS) is 13.8. The maximum Gasteiger partial charge on any atom is 0.472 e. The summed E-state index contributed by atoms with van der Waals surface area (Å²) >= 11 is 0. The number of ether oxygens (including phenoxy) is 4. The third-order valence-electron chi connectivity index (χ3n) is 19.1. The van der Waals surface area contributed by atoms with Gasteiger partial charge < -0.3 is 33.8 Å². The van der Waals surface area contributed by atoms with Crippen LogP contribution in [-0.2, 0) is 65.4 Å². The molecule has 2 unspecified atom stereocenters. The summed E-state index contributed by atoms with van der Waals surface area (Å²) < 4.78 is 68.8. The summed E-state index contributed by atoms with van der Waals surface area (Å²) in [4.78, 5) is 73.1. The molecule has 0 aliphatic carbocycles. The van der Waals surface area contributed by atoms with Gasteiger partial charge in [0.2, 0.25) is 0 Å². The summed E-state index contributed by atoms with van der Waals surface area (Å²) in [6, 6.07) is 0. The monoisotopic (exact) mass is 1470 g/mol. The predicted molar refractivity (Wildman–Crippen MR) is 409 cm³/mol. The van der Waals surface area contributed by atoms with Crippen molar-refractivity contribution in [2.24, 2.45) is 0 Å². The fraction of sp³-hybridized carbons (Fsp3) is 0.951. The number of rotatable bonds is 82. The summed E-state index contributed by atoms with van der Waals surface area (Å²) in [7, 11) is -9.92. The summed E-state index contributed by atoms with van der Waals surface area (Å²) in [5.74, 6) is -2.10.